The number of hydrogen-bond acceptors (Lipinski definition) is 6. The van der Waals surface area contributed by atoms with Crippen LogP contribution in [-0.2, 0) is 6.42 Å². The molecular weight excluding hydrogens is 278 g/mol. The molecule has 2 N–H and O–H groups in total. The van der Waals surface area contributed by atoms with E-state index in [0.717, 1.165) is 0 Å². The van der Waals surface area contributed by atoms with Crippen LogP contribution >= 0.6 is 11.3 Å². The Morgan fingerprint density at radius 3 is 2.75 bits per heavy atom. The van der Waals surface area contributed by atoms with Crippen LogP contribution in [0.25, 0.3) is 15.2 Å². The Balaban J connectivity index is 2.57. The van der Waals surface area contributed by atoms with Crippen LogP contribution in [0.5, 0.6) is 11.5 Å². The van der Waals surface area contributed by atoms with E-state index in [1.807, 2.05) is 13.0 Å². The summed E-state index contributed by atoms with van der Waals surface area (Å²) in [5, 5.41) is 28.2. The summed E-state index contributed by atoms with van der Waals surface area (Å²) in [4.78, 5) is 17.1. The number of phenols is 2. The minimum atomic E-state index is -0.453. The molecule has 20 heavy (non-hydrogen) atoms. The van der Waals surface area contributed by atoms with E-state index in [-0.39, 0.29) is 17.1 Å². The van der Waals surface area contributed by atoms with Gasteiger partial charge in [0.1, 0.15) is 11.6 Å². The molecule has 0 radical (unpaired) electrons. The first-order valence-electron chi connectivity index (χ1n) is 5.87. The zero-order valence-corrected chi connectivity index (χ0v) is 11.2. The number of aryl methyl sites for hydroxylation is 1. The molecule has 7 heteroatoms. The highest BCUT2D eigenvalue weighted by atomic mass is 32.1. The molecule has 0 aliphatic carbocycles. The topological polar surface area (TPSA) is 98.6 Å². The number of rotatable bonds is 1. The quantitative estimate of drug-likeness (QED) is 0.664. The molecule has 100 valence electrons. The summed E-state index contributed by atoms with van der Waals surface area (Å²) in [5.41, 5.74) is 0.442. The molecule has 0 fully saturated rings. The zero-order valence-electron chi connectivity index (χ0n) is 10.4. The van der Waals surface area contributed by atoms with Gasteiger partial charge in [-0.15, -0.1) is 0 Å². The average molecular weight is 287 g/mol. The molecule has 2 heterocycles. The molecule has 0 saturated heterocycles. The summed E-state index contributed by atoms with van der Waals surface area (Å²) in [6.07, 6.45) is 0.485. The molecule has 1 aromatic carbocycles. The SMILES string of the molecule is CCc1nc2sc3cc(O)c(O)cc3n2c(=O)c1C#N. The van der Waals surface area contributed by atoms with Gasteiger partial charge in [-0.05, 0) is 6.42 Å². The maximum atomic E-state index is 12.4. The van der Waals surface area contributed by atoms with Gasteiger partial charge in [-0.3, -0.25) is 4.79 Å². The first-order valence-corrected chi connectivity index (χ1v) is 6.68. The number of benzene rings is 1. The maximum Gasteiger partial charge on any atom is 0.277 e. The maximum absolute atomic E-state index is 12.4. The highest BCUT2D eigenvalue weighted by Crippen LogP contribution is 2.34. The number of phenolic OH excluding ortho intramolecular Hbond substituents is 2. The summed E-state index contributed by atoms with van der Waals surface area (Å²) in [5.74, 6) is -0.574. The normalized spacial score (nSPS) is 11.0. The van der Waals surface area contributed by atoms with Gasteiger partial charge < -0.3 is 10.2 Å². The molecule has 0 bridgehead atoms. The van der Waals surface area contributed by atoms with Crippen molar-refractivity contribution >= 4 is 26.5 Å². The van der Waals surface area contributed by atoms with Crippen molar-refractivity contribution in [2.45, 2.75) is 13.3 Å². The Kier molecular flexibility index (Phi) is 2.62. The van der Waals surface area contributed by atoms with Gasteiger partial charge in [-0.2, -0.15) is 5.26 Å². The fourth-order valence-electron chi connectivity index (χ4n) is 2.09. The highest BCUT2D eigenvalue weighted by Gasteiger charge is 2.16. The number of nitrogens with zero attached hydrogens (tertiary/aromatic N) is 3. The summed E-state index contributed by atoms with van der Waals surface area (Å²) in [6, 6.07) is 4.56. The monoisotopic (exact) mass is 287 g/mol. The first kappa shape index (κ1) is 12.4. The van der Waals surface area contributed by atoms with Crippen molar-refractivity contribution in [2.24, 2.45) is 0 Å². The second kappa shape index (κ2) is 4.21. The van der Waals surface area contributed by atoms with Crippen molar-refractivity contribution in [1.82, 2.24) is 9.38 Å². The van der Waals surface area contributed by atoms with E-state index in [1.165, 1.54) is 27.9 Å². The van der Waals surface area contributed by atoms with E-state index in [0.29, 0.717) is 27.3 Å². The minimum absolute atomic E-state index is 0.0114. The standard InChI is InChI=1S/C13H9N3O3S/c1-2-7-6(5-14)12(19)16-8-3-9(17)10(18)4-11(8)20-13(16)15-7/h3-4,17-18H,2H2,1H3. The molecule has 0 aliphatic rings. The Labute approximate surface area is 116 Å². The smallest absolute Gasteiger partial charge is 0.277 e. The third-order valence-corrected chi connectivity index (χ3v) is 4.08. The third-order valence-electron chi connectivity index (χ3n) is 3.07. The molecule has 6 nitrogen and oxygen atoms in total. The fraction of sp³-hybridized carbons (Fsp3) is 0.154. The van der Waals surface area contributed by atoms with Gasteiger partial charge in [-0.25, -0.2) is 9.38 Å². The largest absolute Gasteiger partial charge is 0.504 e. The van der Waals surface area contributed by atoms with E-state index in [2.05, 4.69) is 4.98 Å². The Bertz CT molecular complexity index is 950. The summed E-state index contributed by atoms with van der Waals surface area (Å²) >= 11 is 1.22. The molecule has 0 saturated carbocycles. The Morgan fingerprint density at radius 2 is 2.10 bits per heavy atom. The van der Waals surface area contributed by atoms with Crippen molar-refractivity contribution in [3.63, 3.8) is 0 Å². The zero-order chi connectivity index (χ0) is 14.4. The number of nitriles is 1. The van der Waals surface area contributed by atoms with Crippen LogP contribution in [0.4, 0.5) is 0 Å². The lowest BCUT2D eigenvalue weighted by atomic mass is 10.2. The molecule has 0 aliphatic heterocycles. The lowest BCUT2D eigenvalue weighted by Gasteiger charge is -2.01. The van der Waals surface area contributed by atoms with Gasteiger partial charge >= 0.3 is 0 Å². The van der Waals surface area contributed by atoms with E-state index >= 15 is 0 Å². The van der Waals surface area contributed by atoms with E-state index < -0.39 is 5.56 Å². The van der Waals surface area contributed by atoms with Crippen molar-refractivity contribution in [2.75, 3.05) is 0 Å². The van der Waals surface area contributed by atoms with Crippen molar-refractivity contribution in [1.29, 1.82) is 5.26 Å². The summed E-state index contributed by atoms with van der Waals surface area (Å²) < 4.78 is 1.90. The minimum Gasteiger partial charge on any atom is -0.504 e. The first-order chi connectivity index (χ1) is 9.56. The number of aromatic nitrogens is 2. The second-order valence-electron chi connectivity index (χ2n) is 4.23. The predicted octanol–water partition coefficient (Wildman–Crippen LogP) is 1.75. The van der Waals surface area contributed by atoms with Crippen LogP contribution in [0.2, 0.25) is 0 Å². The molecule has 3 rings (SSSR count). The number of fused-ring (bicyclic) bond motifs is 3. The van der Waals surface area contributed by atoms with Crippen LogP contribution in [0, 0.1) is 11.3 Å². The van der Waals surface area contributed by atoms with Crippen molar-refractivity contribution in [3.05, 3.63) is 33.7 Å². The number of thiazole rings is 1. The van der Waals surface area contributed by atoms with Crippen LogP contribution in [-0.4, -0.2) is 19.6 Å². The van der Waals surface area contributed by atoms with Gasteiger partial charge in [0.25, 0.3) is 5.56 Å². The Morgan fingerprint density at radius 1 is 1.40 bits per heavy atom. The molecule has 2 aromatic heterocycles. The van der Waals surface area contributed by atoms with Crippen LogP contribution in [0.1, 0.15) is 18.2 Å². The lowest BCUT2D eigenvalue weighted by Crippen LogP contribution is -2.19. The molecule has 0 amide bonds. The van der Waals surface area contributed by atoms with Gasteiger partial charge in [-0.1, -0.05) is 18.3 Å². The van der Waals surface area contributed by atoms with Gasteiger partial charge in [0.15, 0.2) is 16.5 Å². The van der Waals surface area contributed by atoms with E-state index in [9.17, 15) is 15.0 Å². The highest BCUT2D eigenvalue weighted by molar-refractivity contribution is 7.23. The predicted molar refractivity (Wildman–Crippen MR) is 74.3 cm³/mol. The third kappa shape index (κ3) is 1.55. The lowest BCUT2D eigenvalue weighted by molar-refractivity contribution is 0.405. The van der Waals surface area contributed by atoms with Crippen LogP contribution < -0.4 is 5.56 Å². The fourth-order valence-corrected chi connectivity index (χ4v) is 3.14. The second-order valence-corrected chi connectivity index (χ2v) is 5.24. The van der Waals surface area contributed by atoms with E-state index in [1.54, 1.807) is 0 Å². The molecular formula is C13H9N3O3S. The number of hydrogen-bond donors (Lipinski definition) is 2. The molecule has 0 spiro atoms. The van der Waals surface area contributed by atoms with Gasteiger partial charge in [0.2, 0.25) is 0 Å². The average Bonchev–Trinajstić information content (AvgIpc) is 2.76. The Hall–Kier alpha value is -2.59. The molecule has 3 aromatic rings. The van der Waals surface area contributed by atoms with E-state index in [4.69, 9.17) is 5.26 Å². The van der Waals surface area contributed by atoms with Crippen molar-refractivity contribution < 1.29 is 10.2 Å². The van der Waals surface area contributed by atoms with Gasteiger partial charge in [0.05, 0.1) is 15.9 Å². The van der Waals surface area contributed by atoms with Crippen molar-refractivity contribution in [3.8, 4) is 17.6 Å². The summed E-state index contributed by atoms with van der Waals surface area (Å²) in [6.45, 7) is 1.82. The van der Waals surface area contributed by atoms with Crippen LogP contribution in [0.15, 0.2) is 16.9 Å². The molecule has 0 unspecified atom stereocenters. The van der Waals surface area contributed by atoms with Gasteiger partial charge in [0, 0.05) is 12.1 Å². The van der Waals surface area contributed by atoms with Crippen LogP contribution in [0.3, 0.4) is 0 Å². The summed E-state index contributed by atoms with van der Waals surface area (Å²) in [7, 11) is 0. The number of aromatic hydroxyl groups is 2. The molecule has 0 atom stereocenters.